The molecule has 2 N–H and O–H groups in total. The lowest BCUT2D eigenvalue weighted by molar-refractivity contribution is -0.145. The number of carbonyl (C=O) groups excluding carboxylic acids is 1. The fourth-order valence-electron chi connectivity index (χ4n) is 2.33. The summed E-state index contributed by atoms with van der Waals surface area (Å²) in [7, 11) is 0. The van der Waals surface area contributed by atoms with Crippen LogP contribution >= 0.6 is 0 Å². The van der Waals surface area contributed by atoms with Gasteiger partial charge in [0.2, 0.25) is 5.91 Å². The van der Waals surface area contributed by atoms with Crippen LogP contribution in [0, 0.1) is 5.92 Å². The van der Waals surface area contributed by atoms with E-state index in [1.165, 1.54) is 0 Å². The number of carboxylic acids is 1. The zero-order valence-corrected chi connectivity index (χ0v) is 13.1. The van der Waals surface area contributed by atoms with Gasteiger partial charge < -0.3 is 10.4 Å². The van der Waals surface area contributed by atoms with E-state index in [1.807, 2.05) is 6.07 Å². The molecule has 1 aromatic carbocycles. The third-order valence-electron chi connectivity index (χ3n) is 4.14. The van der Waals surface area contributed by atoms with Crippen LogP contribution < -0.4 is 5.32 Å². The molecule has 0 radical (unpaired) electrons. The lowest BCUT2D eigenvalue weighted by Gasteiger charge is -2.25. The topological polar surface area (TPSA) is 66.4 Å². The molecule has 1 amide bonds. The molecular weight excluding hydrogens is 266 g/mol. The third kappa shape index (κ3) is 4.59. The van der Waals surface area contributed by atoms with Crippen molar-refractivity contribution in [1.29, 1.82) is 0 Å². The van der Waals surface area contributed by atoms with Crippen LogP contribution in [0.15, 0.2) is 30.3 Å². The highest BCUT2D eigenvalue weighted by Gasteiger charge is 2.37. The molecule has 0 bridgehead atoms. The molecule has 0 spiro atoms. The average molecular weight is 291 g/mol. The van der Waals surface area contributed by atoms with Crippen molar-refractivity contribution < 1.29 is 14.7 Å². The summed E-state index contributed by atoms with van der Waals surface area (Å²) < 4.78 is 0. The number of aliphatic carboxylic acids is 1. The maximum atomic E-state index is 12.1. The third-order valence-corrected chi connectivity index (χ3v) is 4.14. The van der Waals surface area contributed by atoms with E-state index in [0.717, 1.165) is 12.8 Å². The van der Waals surface area contributed by atoms with Crippen molar-refractivity contribution in [2.24, 2.45) is 5.92 Å². The van der Waals surface area contributed by atoms with Gasteiger partial charge in [-0.25, -0.2) is 0 Å². The van der Waals surface area contributed by atoms with Gasteiger partial charge in [-0.15, -0.1) is 0 Å². The maximum absolute atomic E-state index is 12.1. The Hall–Kier alpha value is -1.84. The Balaban J connectivity index is 2.76. The van der Waals surface area contributed by atoms with Crippen molar-refractivity contribution in [1.82, 2.24) is 5.32 Å². The van der Waals surface area contributed by atoms with E-state index in [1.54, 1.807) is 31.2 Å². The summed E-state index contributed by atoms with van der Waals surface area (Å²) in [6, 6.07) is 8.92. The summed E-state index contributed by atoms with van der Waals surface area (Å²) in [6.45, 7) is 6.38. The van der Waals surface area contributed by atoms with Crippen LogP contribution in [0.3, 0.4) is 0 Å². The van der Waals surface area contributed by atoms with Crippen molar-refractivity contribution in [3.63, 3.8) is 0 Å². The van der Waals surface area contributed by atoms with E-state index in [9.17, 15) is 14.7 Å². The molecule has 0 heterocycles. The van der Waals surface area contributed by atoms with Gasteiger partial charge in [0.15, 0.2) is 0 Å². The van der Waals surface area contributed by atoms with Gasteiger partial charge in [-0.3, -0.25) is 9.59 Å². The molecule has 0 aliphatic heterocycles. The second kappa shape index (κ2) is 7.81. The first-order valence-corrected chi connectivity index (χ1v) is 7.49. The van der Waals surface area contributed by atoms with Crippen molar-refractivity contribution in [2.45, 2.75) is 45.4 Å². The molecule has 1 rings (SSSR count). The number of nitrogens with one attached hydrogen (secondary N) is 1. The fraction of sp³-hybridized carbons (Fsp3) is 0.529. The van der Waals surface area contributed by atoms with Crippen LogP contribution in [0.1, 0.15) is 45.6 Å². The quantitative estimate of drug-likeness (QED) is 0.774. The highest BCUT2D eigenvalue weighted by molar-refractivity contribution is 5.89. The van der Waals surface area contributed by atoms with E-state index in [4.69, 9.17) is 0 Å². The number of amides is 1. The van der Waals surface area contributed by atoms with Gasteiger partial charge >= 0.3 is 5.97 Å². The molecule has 0 saturated carbocycles. The summed E-state index contributed by atoms with van der Waals surface area (Å²) in [5, 5.41) is 12.4. The van der Waals surface area contributed by atoms with Crippen LogP contribution in [0.25, 0.3) is 0 Å². The van der Waals surface area contributed by atoms with Crippen LogP contribution in [0.4, 0.5) is 0 Å². The highest BCUT2D eigenvalue weighted by Crippen LogP contribution is 2.28. The zero-order chi connectivity index (χ0) is 15.9. The molecule has 1 atom stereocenters. The predicted molar refractivity (Wildman–Crippen MR) is 83.1 cm³/mol. The molecular formula is C17H25NO3. The number of rotatable bonds is 8. The van der Waals surface area contributed by atoms with Crippen molar-refractivity contribution in [2.75, 3.05) is 6.54 Å². The standard InChI is InChI=1S/C17H25NO3/c1-4-13(5-2)12-18-15(19)11-17(3,16(20)21)14-9-7-6-8-10-14/h6-10,13H,4-5,11-12H2,1-3H3,(H,18,19)(H,20,21). The lowest BCUT2D eigenvalue weighted by atomic mass is 9.79. The summed E-state index contributed by atoms with van der Waals surface area (Å²) in [6.07, 6.45) is 1.96. The molecule has 0 aromatic heterocycles. The Kier molecular flexibility index (Phi) is 6.40. The summed E-state index contributed by atoms with van der Waals surface area (Å²) in [5.74, 6) is -0.746. The average Bonchev–Trinajstić information content (AvgIpc) is 2.48. The van der Waals surface area contributed by atoms with Crippen LogP contribution in [0.2, 0.25) is 0 Å². The highest BCUT2D eigenvalue weighted by atomic mass is 16.4. The smallest absolute Gasteiger partial charge is 0.314 e. The minimum atomic E-state index is -1.20. The largest absolute Gasteiger partial charge is 0.481 e. The van der Waals surface area contributed by atoms with Gasteiger partial charge in [0.05, 0.1) is 5.41 Å². The van der Waals surface area contributed by atoms with E-state index >= 15 is 0 Å². The SMILES string of the molecule is CCC(CC)CNC(=O)CC(C)(C(=O)O)c1ccccc1. The maximum Gasteiger partial charge on any atom is 0.314 e. The Morgan fingerprint density at radius 2 is 1.76 bits per heavy atom. The van der Waals surface area contributed by atoms with E-state index in [0.29, 0.717) is 18.0 Å². The van der Waals surface area contributed by atoms with Crippen molar-refractivity contribution >= 4 is 11.9 Å². The number of carboxylic acid groups (broad SMARTS) is 1. The number of carbonyl (C=O) groups is 2. The molecule has 0 fully saturated rings. The van der Waals surface area contributed by atoms with Gasteiger partial charge in [-0.1, -0.05) is 57.0 Å². The lowest BCUT2D eigenvalue weighted by Crippen LogP contribution is -2.40. The van der Waals surface area contributed by atoms with Crippen molar-refractivity contribution in [3.05, 3.63) is 35.9 Å². The first kappa shape index (κ1) is 17.2. The minimum absolute atomic E-state index is 0.0491. The van der Waals surface area contributed by atoms with Gasteiger partial charge in [-0.05, 0) is 18.4 Å². The number of hydrogen-bond donors (Lipinski definition) is 2. The van der Waals surface area contributed by atoms with Crippen LogP contribution in [-0.2, 0) is 15.0 Å². The molecule has 21 heavy (non-hydrogen) atoms. The molecule has 0 aliphatic carbocycles. The zero-order valence-electron chi connectivity index (χ0n) is 13.1. The molecule has 0 aliphatic rings. The monoisotopic (exact) mass is 291 g/mol. The number of hydrogen-bond acceptors (Lipinski definition) is 2. The Morgan fingerprint density at radius 1 is 1.19 bits per heavy atom. The van der Waals surface area contributed by atoms with Gasteiger partial charge in [0.25, 0.3) is 0 Å². The minimum Gasteiger partial charge on any atom is -0.481 e. The molecule has 1 unspecified atom stereocenters. The molecule has 116 valence electrons. The van der Waals surface area contributed by atoms with Crippen LogP contribution in [0.5, 0.6) is 0 Å². The number of benzene rings is 1. The molecule has 1 aromatic rings. The Bertz CT molecular complexity index is 468. The Labute approximate surface area is 126 Å². The van der Waals surface area contributed by atoms with Crippen molar-refractivity contribution in [3.8, 4) is 0 Å². The van der Waals surface area contributed by atoms with E-state index in [-0.39, 0.29) is 12.3 Å². The van der Waals surface area contributed by atoms with Crippen LogP contribution in [-0.4, -0.2) is 23.5 Å². The van der Waals surface area contributed by atoms with Gasteiger partial charge in [0.1, 0.15) is 0 Å². The normalized spacial score (nSPS) is 13.7. The second-order valence-corrected chi connectivity index (χ2v) is 5.67. The van der Waals surface area contributed by atoms with E-state index in [2.05, 4.69) is 19.2 Å². The first-order chi connectivity index (χ1) is 9.93. The summed E-state index contributed by atoms with van der Waals surface area (Å²) >= 11 is 0. The van der Waals surface area contributed by atoms with Gasteiger partial charge in [0, 0.05) is 13.0 Å². The second-order valence-electron chi connectivity index (χ2n) is 5.67. The fourth-order valence-corrected chi connectivity index (χ4v) is 2.33. The molecule has 4 heteroatoms. The summed E-state index contributed by atoms with van der Waals surface area (Å²) in [4.78, 5) is 23.7. The first-order valence-electron chi connectivity index (χ1n) is 7.49. The summed E-state index contributed by atoms with van der Waals surface area (Å²) in [5.41, 5.74) is -0.547. The Morgan fingerprint density at radius 3 is 2.24 bits per heavy atom. The van der Waals surface area contributed by atoms with Gasteiger partial charge in [-0.2, -0.15) is 0 Å². The molecule has 4 nitrogen and oxygen atoms in total. The van der Waals surface area contributed by atoms with E-state index < -0.39 is 11.4 Å². The predicted octanol–water partition coefficient (Wildman–Crippen LogP) is 2.97. The molecule has 0 saturated heterocycles.